The number of halogens is 3. The first-order chi connectivity index (χ1) is 9.49. The number of aromatic nitrogens is 2. The Bertz CT molecular complexity index is 409. The molecule has 6 heteroatoms. The number of hydrogen-bond acceptors (Lipinski definition) is 3. The lowest BCUT2D eigenvalue weighted by molar-refractivity contribution is -0.141. The molecule has 1 aliphatic rings. The lowest BCUT2D eigenvalue weighted by Gasteiger charge is -2.27. The van der Waals surface area contributed by atoms with Crippen LogP contribution in [0.2, 0.25) is 0 Å². The molecular formula is C14H20F3N3. The molecule has 0 radical (unpaired) electrons. The van der Waals surface area contributed by atoms with Crippen molar-refractivity contribution in [2.75, 3.05) is 11.9 Å². The molecular weight excluding hydrogens is 267 g/mol. The summed E-state index contributed by atoms with van der Waals surface area (Å²) in [7, 11) is 0. The predicted octanol–water partition coefficient (Wildman–Crippen LogP) is 4.12. The average Bonchev–Trinajstić information content (AvgIpc) is 2.45. The van der Waals surface area contributed by atoms with Gasteiger partial charge < -0.3 is 5.32 Å². The second-order valence-electron chi connectivity index (χ2n) is 5.48. The van der Waals surface area contributed by atoms with Crippen molar-refractivity contribution in [2.45, 2.75) is 45.2 Å². The van der Waals surface area contributed by atoms with Gasteiger partial charge in [0.1, 0.15) is 5.82 Å². The van der Waals surface area contributed by atoms with Crippen LogP contribution in [0.4, 0.5) is 19.0 Å². The maximum atomic E-state index is 12.3. The molecule has 1 aromatic rings. The van der Waals surface area contributed by atoms with Crippen molar-refractivity contribution in [1.82, 2.24) is 10.2 Å². The Labute approximate surface area is 117 Å². The van der Waals surface area contributed by atoms with Gasteiger partial charge in [-0.15, -0.1) is 10.2 Å². The zero-order valence-corrected chi connectivity index (χ0v) is 11.6. The molecule has 0 atom stereocenters. The summed E-state index contributed by atoms with van der Waals surface area (Å²) < 4.78 is 37.0. The maximum absolute atomic E-state index is 12.3. The Morgan fingerprint density at radius 3 is 2.25 bits per heavy atom. The summed E-state index contributed by atoms with van der Waals surface area (Å²) in [6.45, 7) is 2.98. The molecule has 2 rings (SSSR count). The Kier molecular flexibility index (Phi) is 4.83. The molecule has 0 bridgehead atoms. The van der Waals surface area contributed by atoms with E-state index in [0.29, 0.717) is 11.7 Å². The van der Waals surface area contributed by atoms with Crippen molar-refractivity contribution in [3.05, 3.63) is 17.8 Å². The summed E-state index contributed by atoms with van der Waals surface area (Å²) in [5, 5.41) is 9.87. The van der Waals surface area contributed by atoms with Gasteiger partial charge in [-0.25, -0.2) is 0 Å². The Morgan fingerprint density at radius 2 is 1.75 bits per heavy atom. The summed E-state index contributed by atoms with van der Waals surface area (Å²) in [4.78, 5) is 0. The monoisotopic (exact) mass is 287 g/mol. The highest BCUT2D eigenvalue weighted by Gasteiger charge is 2.32. The molecule has 3 nitrogen and oxygen atoms in total. The van der Waals surface area contributed by atoms with Crippen LogP contribution < -0.4 is 5.32 Å². The van der Waals surface area contributed by atoms with E-state index in [1.165, 1.54) is 38.2 Å². The molecule has 1 saturated carbocycles. The lowest BCUT2D eigenvalue weighted by atomic mass is 9.81. The second-order valence-corrected chi connectivity index (χ2v) is 5.48. The van der Waals surface area contributed by atoms with E-state index in [-0.39, 0.29) is 0 Å². The van der Waals surface area contributed by atoms with Crippen LogP contribution >= 0.6 is 0 Å². The van der Waals surface area contributed by atoms with Gasteiger partial charge in [0.15, 0.2) is 5.69 Å². The number of anilines is 1. The van der Waals surface area contributed by atoms with E-state index < -0.39 is 11.9 Å². The van der Waals surface area contributed by atoms with Gasteiger partial charge >= 0.3 is 6.18 Å². The van der Waals surface area contributed by atoms with Gasteiger partial charge in [-0.1, -0.05) is 26.2 Å². The van der Waals surface area contributed by atoms with Crippen molar-refractivity contribution in [1.29, 1.82) is 0 Å². The van der Waals surface area contributed by atoms with E-state index >= 15 is 0 Å². The summed E-state index contributed by atoms with van der Waals surface area (Å²) in [5.74, 6) is 1.84. The summed E-state index contributed by atoms with van der Waals surface area (Å²) in [6, 6.07) is 2.30. The topological polar surface area (TPSA) is 37.8 Å². The largest absolute Gasteiger partial charge is 0.435 e. The van der Waals surface area contributed by atoms with Crippen LogP contribution in [-0.4, -0.2) is 16.7 Å². The first-order valence-electron chi connectivity index (χ1n) is 7.13. The number of hydrogen-bond donors (Lipinski definition) is 1. The van der Waals surface area contributed by atoms with E-state index in [0.717, 1.165) is 18.5 Å². The smallest absolute Gasteiger partial charge is 0.368 e. The quantitative estimate of drug-likeness (QED) is 0.905. The molecule has 1 heterocycles. The highest BCUT2D eigenvalue weighted by molar-refractivity contribution is 5.33. The standard InChI is InChI=1S/C14H20F3N3/c1-2-10-3-5-11(6-4-10)9-18-13-8-7-12(19-20-13)14(15,16)17/h7-8,10-11H,2-6,9H2,1H3,(H,18,20). The molecule has 112 valence electrons. The van der Waals surface area contributed by atoms with Crippen LogP contribution in [0.15, 0.2) is 12.1 Å². The highest BCUT2D eigenvalue weighted by Crippen LogP contribution is 2.31. The van der Waals surface area contributed by atoms with Gasteiger partial charge in [0.05, 0.1) is 0 Å². The van der Waals surface area contributed by atoms with Gasteiger partial charge in [0, 0.05) is 6.54 Å². The molecule has 0 amide bonds. The molecule has 0 aromatic carbocycles. The molecule has 1 aliphatic carbocycles. The fourth-order valence-electron chi connectivity index (χ4n) is 2.67. The van der Waals surface area contributed by atoms with Gasteiger partial charge in [0.25, 0.3) is 0 Å². The minimum Gasteiger partial charge on any atom is -0.368 e. The van der Waals surface area contributed by atoms with Gasteiger partial charge in [-0.2, -0.15) is 13.2 Å². The third kappa shape index (κ3) is 4.08. The highest BCUT2D eigenvalue weighted by atomic mass is 19.4. The first kappa shape index (κ1) is 15.1. The van der Waals surface area contributed by atoms with Crippen molar-refractivity contribution in [2.24, 2.45) is 11.8 Å². The molecule has 1 aromatic heterocycles. The van der Waals surface area contributed by atoms with Crippen LogP contribution in [0.5, 0.6) is 0 Å². The van der Waals surface area contributed by atoms with Crippen LogP contribution in [0.3, 0.4) is 0 Å². The third-order valence-electron chi connectivity index (χ3n) is 4.07. The van der Waals surface area contributed by atoms with Gasteiger partial charge in [-0.05, 0) is 36.8 Å². The van der Waals surface area contributed by atoms with Crippen LogP contribution in [0, 0.1) is 11.8 Å². The van der Waals surface area contributed by atoms with Crippen molar-refractivity contribution in [3.63, 3.8) is 0 Å². The summed E-state index contributed by atoms with van der Waals surface area (Å²) in [6.07, 6.45) is 1.68. The van der Waals surface area contributed by atoms with Crippen LogP contribution in [-0.2, 0) is 6.18 Å². The molecule has 0 aliphatic heterocycles. The fraction of sp³-hybridized carbons (Fsp3) is 0.714. The first-order valence-corrected chi connectivity index (χ1v) is 7.13. The molecule has 1 N–H and O–H groups in total. The van der Waals surface area contributed by atoms with E-state index in [9.17, 15) is 13.2 Å². The normalized spacial score (nSPS) is 23.6. The average molecular weight is 287 g/mol. The summed E-state index contributed by atoms with van der Waals surface area (Å²) in [5.41, 5.74) is -0.952. The van der Waals surface area contributed by atoms with Crippen molar-refractivity contribution in [3.8, 4) is 0 Å². The van der Waals surface area contributed by atoms with E-state index in [2.05, 4.69) is 22.4 Å². The Hall–Kier alpha value is -1.33. The number of nitrogens with one attached hydrogen (secondary N) is 1. The minimum atomic E-state index is -4.43. The van der Waals surface area contributed by atoms with E-state index in [4.69, 9.17) is 0 Å². The van der Waals surface area contributed by atoms with Crippen molar-refractivity contribution < 1.29 is 13.2 Å². The number of rotatable bonds is 4. The van der Waals surface area contributed by atoms with Crippen molar-refractivity contribution >= 4 is 5.82 Å². The molecule has 0 spiro atoms. The molecule has 20 heavy (non-hydrogen) atoms. The Morgan fingerprint density at radius 1 is 1.10 bits per heavy atom. The Balaban J connectivity index is 1.80. The van der Waals surface area contributed by atoms with E-state index in [1.807, 2.05) is 0 Å². The van der Waals surface area contributed by atoms with Gasteiger partial charge in [0.2, 0.25) is 0 Å². The fourth-order valence-corrected chi connectivity index (χ4v) is 2.67. The lowest BCUT2D eigenvalue weighted by Crippen LogP contribution is -2.21. The number of alkyl halides is 3. The van der Waals surface area contributed by atoms with E-state index in [1.54, 1.807) is 0 Å². The second kappa shape index (κ2) is 6.41. The predicted molar refractivity (Wildman–Crippen MR) is 71.3 cm³/mol. The van der Waals surface area contributed by atoms with Crippen LogP contribution in [0.25, 0.3) is 0 Å². The summed E-state index contributed by atoms with van der Waals surface area (Å²) >= 11 is 0. The zero-order chi connectivity index (χ0) is 14.6. The number of nitrogens with zero attached hydrogens (tertiary/aromatic N) is 2. The van der Waals surface area contributed by atoms with Crippen LogP contribution in [0.1, 0.15) is 44.7 Å². The molecule has 0 unspecified atom stereocenters. The SMILES string of the molecule is CCC1CCC(CNc2ccc(C(F)(F)F)nn2)CC1. The molecule has 1 fully saturated rings. The minimum absolute atomic E-state index is 0.413. The maximum Gasteiger partial charge on any atom is 0.435 e. The zero-order valence-electron chi connectivity index (χ0n) is 11.6. The third-order valence-corrected chi connectivity index (χ3v) is 4.07. The molecule has 0 saturated heterocycles. The van der Waals surface area contributed by atoms with Gasteiger partial charge in [-0.3, -0.25) is 0 Å².